The molecule has 30 heavy (non-hydrogen) atoms. The molecule has 0 atom stereocenters. The average molecular weight is 447 g/mol. The summed E-state index contributed by atoms with van der Waals surface area (Å²) in [6.07, 6.45) is 0. The van der Waals surface area contributed by atoms with E-state index in [2.05, 4.69) is 10.0 Å². The van der Waals surface area contributed by atoms with Crippen molar-refractivity contribution >= 4 is 38.9 Å². The molecule has 8 nitrogen and oxygen atoms in total. The van der Waals surface area contributed by atoms with Crippen LogP contribution in [0, 0.1) is 6.92 Å². The first kappa shape index (κ1) is 21.3. The van der Waals surface area contributed by atoms with Crippen molar-refractivity contribution in [3.05, 3.63) is 76.2 Å². The van der Waals surface area contributed by atoms with Crippen LogP contribution in [0.1, 0.15) is 31.2 Å². The van der Waals surface area contributed by atoms with Crippen molar-refractivity contribution in [3.63, 3.8) is 0 Å². The van der Waals surface area contributed by atoms with E-state index in [4.69, 9.17) is 5.11 Å². The minimum Gasteiger partial charge on any atom is -0.507 e. The van der Waals surface area contributed by atoms with Crippen molar-refractivity contribution < 1.29 is 28.2 Å². The van der Waals surface area contributed by atoms with Crippen LogP contribution in [0.2, 0.25) is 0 Å². The number of rotatable bonds is 7. The minimum atomic E-state index is -3.96. The third-order valence-corrected chi connectivity index (χ3v) is 7.21. The summed E-state index contributed by atoms with van der Waals surface area (Å²) >= 11 is 0.993. The zero-order valence-corrected chi connectivity index (χ0v) is 17.4. The maximum atomic E-state index is 12.7. The Hall–Kier alpha value is -3.37. The van der Waals surface area contributed by atoms with Crippen LogP contribution in [-0.4, -0.2) is 30.5 Å². The molecule has 10 heteroatoms. The molecule has 1 aromatic heterocycles. The summed E-state index contributed by atoms with van der Waals surface area (Å²) in [5.74, 6) is -2.08. The van der Waals surface area contributed by atoms with Crippen molar-refractivity contribution in [2.24, 2.45) is 0 Å². The van der Waals surface area contributed by atoms with Crippen LogP contribution in [0.15, 0.2) is 58.8 Å². The van der Waals surface area contributed by atoms with Gasteiger partial charge in [0.05, 0.1) is 12.2 Å². The summed E-state index contributed by atoms with van der Waals surface area (Å²) in [6.45, 7) is 1.58. The second-order valence-corrected chi connectivity index (χ2v) is 9.39. The number of hydrogen-bond donors (Lipinski definition) is 4. The normalized spacial score (nSPS) is 11.1. The van der Waals surface area contributed by atoms with E-state index >= 15 is 0 Å². The van der Waals surface area contributed by atoms with Crippen molar-refractivity contribution in [2.45, 2.75) is 17.7 Å². The fourth-order valence-electron chi connectivity index (χ4n) is 2.64. The second-order valence-electron chi connectivity index (χ2n) is 6.31. The number of sulfonamides is 1. The maximum Gasteiger partial charge on any atom is 0.339 e. The average Bonchev–Trinajstić information content (AvgIpc) is 3.20. The van der Waals surface area contributed by atoms with E-state index in [1.807, 2.05) is 0 Å². The Labute approximate surface area is 176 Å². The quantitative estimate of drug-likeness (QED) is 0.441. The highest BCUT2D eigenvalue weighted by molar-refractivity contribution is 7.94. The van der Waals surface area contributed by atoms with E-state index in [0.29, 0.717) is 10.4 Å². The van der Waals surface area contributed by atoms with E-state index < -0.39 is 21.7 Å². The van der Waals surface area contributed by atoms with Crippen LogP contribution in [0.4, 0.5) is 5.69 Å². The van der Waals surface area contributed by atoms with E-state index in [-0.39, 0.29) is 33.5 Å². The highest BCUT2D eigenvalue weighted by Gasteiger charge is 2.21. The van der Waals surface area contributed by atoms with E-state index in [1.54, 1.807) is 36.4 Å². The molecule has 1 amide bonds. The highest BCUT2D eigenvalue weighted by Crippen LogP contribution is 2.31. The number of hydrogen-bond acceptors (Lipinski definition) is 6. The molecule has 0 aliphatic heterocycles. The van der Waals surface area contributed by atoms with Gasteiger partial charge in [0.1, 0.15) is 15.5 Å². The van der Waals surface area contributed by atoms with Gasteiger partial charge in [-0.05, 0) is 43.3 Å². The Bertz CT molecular complexity index is 1200. The zero-order valence-electron chi connectivity index (χ0n) is 15.7. The van der Waals surface area contributed by atoms with Gasteiger partial charge in [-0.1, -0.05) is 18.2 Å². The Morgan fingerprint density at radius 3 is 2.40 bits per heavy atom. The summed E-state index contributed by atoms with van der Waals surface area (Å²) < 4.78 is 27.7. The molecule has 0 aliphatic carbocycles. The van der Waals surface area contributed by atoms with Gasteiger partial charge in [0.25, 0.3) is 15.9 Å². The van der Waals surface area contributed by atoms with E-state index in [1.165, 1.54) is 19.1 Å². The molecule has 0 radical (unpaired) electrons. The molecule has 2 aromatic carbocycles. The first-order valence-corrected chi connectivity index (χ1v) is 11.0. The van der Waals surface area contributed by atoms with Gasteiger partial charge in [-0.25, -0.2) is 13.2 Å². The molecule has 0 unspecified atom stereocenters. The molecular formula is C20H18N2O6S2. The van der Waals surface area contributed by atoms with Gasteiger partial charge in [-0.3, -0.25) is 9.52 Å². The Morgan fingerprint density at radius 2 is 1.73 bits per heavy atom. The largest absolute Gasteiger partial charge is 0.507 e. The van der Waals surface area contributed by atoms with Crippen LogP contribution >= 0.6 is 11.3 Å². The highest BCUT2D eigenvalue weighted by atomic mass is 32.2. The number of carboxylic acids is 1. The lowest BCUT2D eigenvalue weighted by atomic mass is 10.1. The number of carboxylic acid groups (broad SMARTS) is 1. The molecule has 0 fully saturated rings. The SMILES string of the molecule is Cc1c(NS(=O)(=O)c2ccc(CNC(=O)c3ccccc3)s2)ccc(C(=O)O)c1O. The van der Waals surface area contributed by atoms with Gasteiger partial charge < -0.3 is 15.5 Å². The number of amides is 1. The van der Waals surface area contributed by atoms with Crippen molar-refractivity contribution in [1.82, 2.24) is 5.32 Å². The number of aromatic carboxylic acids is 1. The second kappa shape index (κ2) is 8.56. The molecular weight excluding hydrogens is 428 g/mol. The van der Waals surface area contributed by atoms with Gasteiger partial charge in [0, 0.05) is 16.0 Å². The monoisotopic (exact) mass is 446 g/mol. The van der Waals surface area contributed by atoms with Crippen LogP contribution < -0.4 is 10.0 Å². The first-order chi connectivity index (χ1) is 14.2. The van der Waals surface area contributed by atoms with Gasteiger partial charge in [0.2, 0.25) is 0 Å². The number of phenols is 1. The predicted octanol–water partition coefficient (Wildman–Crippen LogP) is 3.19. The predicted molar refractivity (Wildman–Crippen MR) is 113 cm³/mol. The topological polar surface area (TPSA) is 133 Å². The molecule has 0 aliphatic rings. The molecule has 0 spiro atoms. The Kier molecular flexibility index (Phi) is 6.09. The van der Waals surface area contributed by atoms with Crippen molar-refractivity contribution in [1.29, 1.82) is 0 Å². The lowest BCUT2D eigenvalue weighted by Gasteiger charge is -2.12. The molecule has 1 heterocycles. The number of aromatic hydroxyl groups is 1. The van der Waals surface area contributed by atoms with Crippen LogP contribution in [-0.2, 0) is 16.6 Å². The van der Waals surface area contributed by atoms with Crippen molar-refractivity contribution in [3.8, 4) is 5.75 Å². The van der Waals surface area contributed by atoms with Crippen molar-refractivity contribution in [2.75, 3.05) is 4.72 Å². The Morgan fingerprint density at radius 1 is 1.03 bits per heavy atom. The third-order valence-electron chi connectivity index (χ3n) is 4.27. The molecule has 4 N–H and O–H groups in total. The van der Waals surface area contributed by atoms with Gasteiger partial charge in [0.15, 0.2) is 0 Å². The number of carbonyl (C=O) groups is 2. The minimum absolute atomic E-state index is 0.0210. The van der Waals surface area contributed by atoms with E-state index in [9.17, 15) is 23.1 Å². The summed E-state index contributed by atoms with van der Waals surface area (Å²) in [4.78, 5) is 23.8. The fraction of sp³-hybridized carbons (Fsp3) is 0.100. The lowest BCUT2D eigenvalue weighted by molar-refractivity contribution is 0.0693. The molecule has 0 saturated carbocycles. The van der Waals surface area contributed by atoms with Gasteiger partial charge >= 0.3 is 5.97 Å². The number of thiophene rings is 1. The summed E-state index contributed by atoms with van der Waals surface area (Å²) in [6, 6.07) is 14.1. The summed E-state index contributed by atoms with van der Waals surface area (Å²) in [5.41, 5.74) is 0.363. The number of carbonyl (C=O) groups excluding carboxylic acids is 1. The first-order valence-electron chi connectivity index (χ1n) is 8.69. The number of anilines is 1. The smallest absolute Gasteiger partial charge is 0.339 e. The van der Waals surface area contributed by atoms with Crippen LogP contribution in [0.5, 0.6) is 5.75 Å². The van der Waals surface area contributed by atoms with Crippen LogP contribution in [0.25, 0.3) is 0 Å². The summed E-state index contributed by atoms with van der Waals surface area (Å²) in [7, 11) is -3.96. The number of benzene rings is 2. The summed E-state index contributed by atoms with van der Waals surface area (Å²) in [5, 5.41) is 21.7. The van der Waals surface area contributed by atoms with Gasteiger partial charge in [-0.2, -0.15) is 0 Å². The molecule has 156 valence electrons. The van der Waals surface area contributed by atoms with E-state index in [0.717, 1.165) is 17.4 Å². The third kappa shape index (κ3) is 4.61. The fourth-order valence-corrected chi connectivity index (χ4v) is 5.05. The lowest BCUT2D eigenvalue weighted by Crippen LogP contribution is -2.22. The zero-order chi connectivity index (χ0) is 21.9. The molecule has 0 bridgehead atoms. The van der Waals surface area contributed by atoms with Gasteiger partial charge in [-0.15, -0.1) is 11.3 Å². The Balaban J connectivity index is 1.72. The molecule has 0 saturated heterocycles. The maximum absolute atomic E-state index is 12.7. The molecule has 3 rings (SSSR count). The standard InChI is InChI=1S/C20H18N2O6S2/c1-12-16(9-8-15(18(12)23)20(25)26)22-30(27,28)17-10-7-14(29-17)11-21-19(24)13-5-3-2-4-6-13/h2-10,22-23H,11H2,1H3,(H,21,24)(H,25,26). The molecule has 3 aromatic rings. The number of nitrogens with one attached hydrogen (secondary N) is 2. The van der Waals surface area contributed by atoms with Crippen LogP contribution in [0.3, 0.4) is 0 Å².